The van der Waals surface area contributed by atoms with Crippen molar-refractivity contribution in [2.45, 2.75) is 65.8 Å². The van der Waals surface area contributed by atoms with Crippen molar-refractivity contribution < 1.29 is 9.53 Å². The van der Waals surface area contributed by atoms with Gasteiger partial charge < -0.3 is 9.64 Å². The third kappa shape index (κ3) is 3.95. The van der Waals surface area contributed by atoms with Gasteiger partial charge in [0.05, 0.1) is 19.3 Å². The van der Waals surface area contributed by atoms with Crippen LogP contribution in [0.15, 0.2) is 0 Å². The van der Waals surface area contributed by atoms with E-state index in [2.05, 4.69) is 46.4 Å². The standard InChI is InChI=1S/C14H28N2O2/c1-10(2)16(11(3)4)14(17)8-15-7-13(6)18-9-12(15)5/h10-13H,7-9H2,1-6H3/t12-,13-/m0/s1. The summed E-state index contributed by atoms with van der Waals surface area (Å²) in [5, 5.41) is 0. The second kappa shape index (κ2) is 6.53. The van der Waals surface area contributed by atoms with Gasteiger partial charge in [0, 0.05) is 24.7 Å². The normalized spacial score (nSPS) is 25.8. The van der Waals surface area contributed by atoms with Gasteiger partial charge in [-0.1, -0.05) is 0 Å². The van der Waals surface area contributed by atoms with Crippen LogP contribution in [0.5, 0.6) is 0 Å². The highest BCUT2D eigenvalue weighted by molar-refractivity contribution is 5.78. The number of amides is 1. The fourth-order valence-corrected chi connectivity index (χ4v) is 2.62. The van der Waals surface area contributed by atoms with Gasteiger partial charge in [0.1, 0.15) is 0 Å². The summed E-state index contributed by atoms with van der Waals surface area (Å²) >= 11 is 0. The summed E-state index contributed by atoms with van der Waals surface area (Å²) < 4.78 is 5.59. The number of carbonyl (C=O) groups excluding carboxylic acids is 1. The molecule has 0 aliphatic carbocycles. The molecule has 0 radical (unpaired) electrons. The van der Waals surface area contributed by atoms with E-state index in [0.29, 0.717) is 12.6 Å². The monoisotopic (exact) mass is 256 g/mol. The highest BCUT2D eigenvalue weighted by Crippen LogP contribution is 2.13. The Hall–Kier alpha value is -0.610. The minimum absolute atomic E-state index is 0.223. The molecule has 18 heavy (non-hydrogen) atoms. The molecule has 0 aromatic heterocycles. The Morgan fingerprint density at radius 2 is 1.83 bits per heavy atom. The van der Waals surface area contributed by atoms with Crippen LogP contribution in [-0.2, 0) is 9.53 Å². The van der Waals surface area contributed by atoms with Crippen molar-refractivity contribution in [3.8, 4) is 0 Å². The summed E-state index contributed by atoms with van der Waals surface area (Å²) in [6, 6.07) is 0.837. The second-order valence-electron chi connectivity index (χ2n) is 5.91. The topological polar surface area (TPSA) is 32.8 Å². The molecule has 0 aromatic rings. The molecule has 0 bridgehead atoms. The van der Waals surface area contributed by atoms with Crippen LogP contribution in [0.4, 0.5) is 0 Å². The van der Waals surface area contributed by atoms with Crippen molar-refractivity contribution in [1.82, 2.24) is 9.80 Å². The molecule has 1 saturated heterocycles. The first-order chi connectivity index (χ1) is 8.32. The third-order valence-corrected chi connectivity index (χ3v) is 3.48. The molecular formula is C14H28N2O2. The van der Waals surface area contributed by atoms with Crippen molar-refractivity contribution in [1.29, 1.82) is 0 Å². The Labute approximate surface area is 111 Å². The molecule has 1 fully saturated rings. The van der Waals surface area contributed by atoms with E-state index >= 15 is 0 Å². The number of ether oxygens (including phenoxy) is 1. The van der Waals surface area contributed by atoms with Crippen molar-refractivity contribution in [2.24, 2.45) is 0 Å². The number of hydrogen-bond acceptors (Lipinski definition) is 3. The lowest BCUT2D eigenvalue weighted by Crippen LogP contribution is -2.53. The van der Waals surface area contributed by atoms with Crippen molar-refractivity contribution in [3.63, 3.8) is 0 Å². The summed E-state index contributed by atoms with van der Waals surface area (Å²) in [5.74, 6) is 0.223. The molecule has 1 aliphatic heterocycles. The van der Waals surface area contributed by atoms with Crippen molar-refractivity contribution in [3.05, 3.63) is 0 Å². The average molecular weight is 256 g/mol. The molecule has 0 saturated carbocycles. The number of nitrogens with zero attached hydrogens (tertiary/aromatic N) is 2. The summed E-state index contributed by atoms with van der Waals surface area (Å²) in [5.41, 5.74) is 0. The maximum absolute atomic E-state index is 12.4. The minimum Gasteiger partial charge on any atom is -0.376 e. The van der Waals surface area contributed by atoms with E-state index in [0.717, 1.165) is 13.2 Å². The largest absolute Gasteiger partial charge is 0.376 e. The Bertz CT molecular complexity index is 271. The zero-order valence-corrected chi connectivity index (χ0v) is 12.6. The Balaban J connectivity index is 2.61. The lowest BCUT2D eigenvalue weighted by molar-refractivity contribution is -0.139. The van der Waals surface area contributed by atoms with Gasteiger partial charge in [-0.05, 0) is 41.5 Å². The molecule has 0 spiro atoms. The first-order valence-electron chi connectivity index (χ1n) is 6.99. The Kier molecular flexibility index (Phi) is 5.60. The van der Waals surface area contributed by atoms with Crippen LogP contribution in [0, 0.1) is 0 Å². The Morgan fingerprint density at radius 1 is 1.28 bits per heavy atom. The van der Waals surface area contributed by atoms with Gasteiger partial charge in [-0.15, -0.1) is 0 Å². The van der Waals surface area contributed by atoms with Crippen LogP contribution in [0.1, 0.15) is 41.5 Å². The number of carbonyl (C=O) groups is 1. The van der Waals surface area contributed by atoms with Gasteiger partial charge in [-0.2, -0.15) is 0 Å². The van der Waals surface area contributed by atoms with Crippen molar-refractivity contribution >= 4 is 5.91 Å². The average Bonchev–Trinajstić information content (AvgIpc) is 2.22. The molecule has 0 N–H and O–H groups in total. The van der Waals surface area contributed by atoms with Crippen LogP contribution >= 0.6 is 0 Å². The summed E-state index contributed by atoms with van der Waals surface area (Å²) in [6.45, 7) is 14.5. The maximum Gasteiger partial charge on any atom is 0.237 e. The number of morpholine rings is 1. The number of hydrogen-bond donors (Lipinski definition) is 0. The zero-order valence-electron chi connectivity index (χ0n) is 12.6. The summed E-state index contributed by atoms with van der Waals surface area (Å²) in [6.07, 6.45) is 0.223. The molecule has 1 amide bonds. The van der Waals surface area contributed by atoms with Gasteiger partial charge in [-0.25, -0.2) is 0 Å². The first-order valence-corrected chi connectivity index (χ1v) is 6.99. The van der Waals surface area contributed by atoms with Crippen LogP contribution < -0.4 is 0 Å². The molecular weight excluding hydrogens is 228 g/mol. The van der Waals surface area contributed by atoms with E-state index in [4.69, 9.17) is 4.74 Å². The molecule has 0 aromatic carbocycles. The van der Waals surface area contributed by atoms with Gasteiger partial charge in [0.15, 0.2) is 0 Å². The third-order valence-electron chi connectivity index (χ3n) is 3.48. The lowest BCUT2D eigenvalue weighted by Gasteiger charge is -2.39. The van der Waals surface area contributed by atoms with Gasteiger partial charge in [0.25, 0.3) is 0 Å². The molecule has 2 atom stereocenters. The van der Waals surface area contributed by atoms with Gasteiger partial charge in [0.2, 0.25) is 5.91 Å². The molecule has 1 heterocycles. The summed E-state index contributed by atoms with van der Waals surface area (Å²) in [7, 11) is 0. The number of rotatable bonds is 4. The van der Waals surface area contributed by atoms with E-state index in [1.54, 1.807) is 0 Å². The lowest BCUT2D eigenvalue weighted by atomic mass is 10.2. The predicted octanol–water partition coefficient (Wildman–Crippen LogP) is 1.74. The molecule has 1 aliphatic rings. The highest BCUT2D eigenvalue weighted by Gasteiger charge is 2.28. The summed E-state index contributed by atoms with van der Waals surface area (Å²) in [4.78, 5) is 16.6. The van der Waals surface area contributed by atoms with Crippen molar-refractivity contribution in [2.75, 3.05) is 19.7 Å². The molecule has 4 nitrogen and oxygen atoms in total. The quantitative estimate of drug-likeness (QED) is 0.768. The van der Waals surface area contributed by atoms with Crippen LogP contribution in [0.3, 0.4) is 0 Å². The fourth-order valence-electron chi connectivity index (χ4n) is 2.62. The first kappa shape index (κ1) is 15.4. The van der Waals surface area contributed by atoms with E-state index in [1.165, 1.54) is 0 Å². The van der Waals surface area contributed by atoms with Gasteiger partial charge in [-0.3, -0.25) is 9.69 Å². The second-order valence-corrected chi connectivity index (χ2v) is 5.91. The zero-order chi connectivity index (χ0) is 13.9. The van der Waals surface area contributed by atoms with E-state index in [9.17, 15) is 4.79 Å². The van der Waals surface area contributed by atoms with Crippen LogP contribution in [0.25, 0.3) is 0 Å². The molecule has 4 heteroatoms. The molecule has 0 unspecified atom stereocenters. The van der Waals surface area contributed by atoms with E-state index in [1.807, 2.05) is 4.90 Å². The molecule has 106 valence electrons. The van der Waals surface area contributed by atoms with Gasteiger partial charge >= 0.3 is 0 Å². The SMILES string of the molecule is CC(C)N(C(=O)CN1C[C@H](C)OC[C@@H]1C)C(C)C. The highest BCUT2D eigenvalue weighted by atomic mass is 16.5. The van der Waals surface area contributed by atoms with Crippen LogP contribution in [0.2, 0.25) is 0 Å². The fraction of sp³-hybridized carbons (Fsp3) is 0.929. The maximum atomic E-state index is 12.4. The van der Waals surface area contributed by atoms with E-state index in [-0.39, 0.29) is 24.1 Å². The Morgan fingerprint density at radius 3 is 2.33 bits per heavy atom. The predicted molar refractivity (Wildman–Crippen MR) is 73.6 cm³/mol. The van der Waals surface area contributed by atoms with Crippen LogP contribution in [-0.4, -0.2) is 59.6 Å². The van der Waals surface area contributed by atoms with E-state index < -0.39 is 0 Å². The smallest absolute Gasteiger partial charge is 0.237 e. The molecule has 1 rings (SSSR count). The minimum atomic E-state index is 0.223.